The van der Waals surface area contributed by atoms with Crippen LogP contribution < -0.4 is 10.6 Å². The Kier molecular flexibility index (Phi) is 4.99. The molecular formula is C15H21BrN2O. The third kappa shape index (κ3) is 3.80. The third-order valence-electron chi connectivity index (χ3n) is 3.77. The van der Waals surface area contributed by atoms with Gasteiger partial charge in [0.1, 0.15) is 0 Å². The van der Waals surface area contributed by atoms with E-state index in [-0.39, 0.29) is 11.9 Å². The maximum absolute atomic E-state index is 12.3. The largest absolute Gasteiger partial charge is 0.349 e. The van der Waals surface area contributed by atoms with E-state index in [4.69, 9.17) is 0 Å². The molecule has 1 aromatic rings. The second-order valence-electron chi connectivity index (χ2n) is 5.35. The Labute approximate surface area is 123 Å². The molecule has 2 atom stereocenters. The lowest BCUT2D eigenvalue weighted by Gasteiger charge is -2.29. The summed E-state index contributed by atoms with van der Waals surface area (Å²) in [5.74, 6) is 0.534. The molecule has 2 rings (SSSR count). The Morgan fingerprint density at radius 1 is 1.53 bits per heavy atom. The van der Waals surface area contributed by atoms with Crippen molar-refractivity contribution in [3.63, 3.8) is 0 Å². The zero-order chi connectivity index (χ0) is 13.8. The monoisotopic (exact) mass is 324 g/mol. The van der Waals surface area contributed by atoms with Crippen LogP contribution in [0.4, 0.5) is 0 Å². The van der Waals surface area contributed by atoms with E-state index >= 15 is 0 Å². The summed E-state index contributed by atoms with van der Waals surface area (Å²) in [5, 5.41) is 6.50. The smallest absolute Gasteiger partial charge is 0.252 e. The van der Waals surface area contributed by atoms with Crippen LogP contribution in [-0.4, -0.2) is 25.0 Å². The second kappa shape index (κ2) is 6.53. The summed E-state index contributed by atoms with van der Waals surface area (Å²) in [6.07, 6.45) is 2.38. The fourth-order valence-corrected chi connectivity index (χ4v) is 3.19. The molecule has 104 valence electrons. The number of amides is 1. The Morgan fingerprint density at radius 2 is 2.32 bits per heavy atom. The molecule has 0 radical (unpaired) electrons. The van der Waals surface area contributed by atoms with Crippen molar-refractivity contribution in [2.24, 2.45) is 5.92 Å². The van der Waals surface area contributed by atoms with Crippen molar-refractivity contribution in [3.05, 3.63) is 33.8 Å². The highest BCUT2D eigenvalue weighted by atomic mass is 79.9. The predicted octanol–water partition coefficient (Wildman–Crippen LogP) is 2.88. The molecule has 3 nitrogen and oxygen atoms in total. The molecule has 1 heterocycles. The molecule has 1 saturated heterocycles. The number of piperidine rings is 1. The number of hydrogen-bond donors (Lipinski definition) is 2. The lowest BCUT2D eigenvalue weighted by molar-refractivity contribution is 0.0921. The molecule has 2 unspecified atom stereocenters. The molecule has 19 heavy (non-hydrogen) atoms. The molecule has 1 fully saturated rings. The molecule has 0 aromatic heterocycles. The Hall–Kier alpha value is -0.870. The van der Waals surface area contributed by atoms with E-state index in [2.05, 4.69) is 33.5 Å². The molecule has 2 N–H and O–H groups in total. The zero-order valence-electron chi connectivity index (χ0n) is 11.5. The van der Waals surface area contributed by atoms with Crippen molar-refractivity contribution in [2.45, 2.75) is 32.7 Å². The minimum absolute atomic E-state index is 0.00458. The summed E-state index contributed by atoms with van der Waals surface area (Å²) in [5.41, 5.74) is 1.86. The summed E-state index contributed by atoms with van der Waals surface area (Å²) in [4.78, 5) is 12.3. The lowest BCUT2D eigenvalue weighted by Crippen LogP contribution is -2.44. The van der Waals surface area contributed by atoms with Crippen LogP contribution in [-0.2, 0) is 0 Å². The van der Waals surface area contributed by atoms with E-state index in [9.17, 15) is 4.79 Å². The van der Waals surface area contributed by atoms with E-state index < -0.39 is 0 Å². The SMILES string of the molecule is Cc1ccc(C(=O)NC(C)C2CCCNC2)c(Br)c1. The van der Waals surface area contributed by atoms with Gasteiger partial charge in [0, 0.05) is 10.5 Å². The van der Waals surface area contributed by atoms with Gasteiger partial charge in [0.25, 0.3) is 5.91 Å². The van der Waals surface area contributed by atoms with Gasteiger partial charge in [-0.2, -0.15) is 0 Å². The Bertz CT molecular complexity index is 455. The van der Waals surface area contributed by atoms with E-state index in [1.807, 2.05) is 25.1 Å². The first-order chi connectivity index (χ1) is 9.08. The highest BCUT2D eigenvalue weighted by Crippen LogP contribution is 2.20. The van der Waals surface area contributed by atoms with E-state index in [0.717, 1.165) is 23.1 Å². The van der Waals surface area contributed by atoms with Gasteiger partial charge in [-0.15, -0.1) is 0 Å². The van der Waals surface area contributed by atoms with E-state index in [0.29, 0.717) is 11.5 Å². The number of halogens is 1. The maximum atomic E-state index is 12.3. The fourth-order valence-electron chi connectivity index (χ4n) is 2.51. The first-order valence-corrected chi connectivity index (χ1v) is 7.65. The molecular weight excluding hydrogens is 304 g/mol. The van der Waals surface area contributed by atoms with Gasteiger partial charge in [0.05, 0.1) is 5.56 Å². The topological polar surface area (TPSA) is 41.1 Å². The van der Waals surface area contributed by atoms with Crippen LogP contribution >= 0.6 is 15.9 Å². The maximum Gasteiger partial charge on any atom is 0.252 e. The average Bonchev–Trinajstić information content (AvgIpc) is 2.39. The van der Waals surface area contributed by atoms with Crippen LogP contribution in [0.15, 0.2) is 22.7 Å². The molecule has 0 aliphatic carbocycles. The second-order valence-corrected chi connectivity index (χ2v) is 6.21. The number of rotatable bonds is 3. The van der Waals surface area contributed by atoms with Crippen molar-refractivity contribution < 1.29 is 4.79 Å². The van der Waals surface area contributed by atoms with Crippen LogP contribution in [0.25, 0.3) is 0 Å². The van der Waals surface area contributed by atoms with Crippen LogP contribution in [0, 0.1) is 12.8 Å². The molecule has 0 saturated carbocycles. The number of benzene rings is 1. The van der Waals surface area contributed by atoms with Crippen LogP contribution in [0.2, 0.25) is 0 Å². The average molecular weight is 325 g/mol. The Morgan fingerprint density at radius 3 is 2.95 bits per heavy atom. The zero-order valence-corrected chi connectivity index (χ0v) is 13.1. The van der Waals surface area contributed by atoms with E-state index in [1.165, 1.54) is 12.8 Å². The van der Waals surface area contributed by atoms with E-state index in [1.54, 1.807) is 0 Å². The summed E-state index contributed by atoms with van der Waals surface area (Å²) >= 11 is 3.46. The minimum Gasteiger partial charge on any atom is -0.349 e. The first-order valence-electron chi connectivity index (χ1n) is 6.85. The quantitative estimate of drug-likeness (QED) is 0.897. The van der Waals surface area contributed by atoms with Crippen molar-refractivity contribution in [2.75, 3.05) is 13.1 Å². The van der Waals surface area contributed by atoms with Crippen LogP contribution in [0.3, 0.4) is 0 Å². The highest BCUT2D eigenvalue weighted by molar-refractivity contribution is 9.10. The van der Waals surface area contributed by atoms with Crippen LogP contribution in [0.1, 0.15) is 35.7 Å². The van der Waals surface area contributed by atoms with Crippen LogP contribution in [0.5, 0.6) is 0 Å². The molecule has 1 amide bonds. The van der Waals surface area contributed by atoms with Gasteiger partial charge in [-0.1, -0.05) is 6.07 Å². The van der Waals surface area contributed by atoms with Crippen molar-refractivity contribution in [1.29, 1.82) is 0 Å². The van der Waals surface area contributed by atoms with Gasteiger partial charge in [0.15, 0.2) is 0 Å². The highest BCUT2D eigenvalue weighted by Gasteiger charge is 2.22. The number of carbonyl (C=O) groups is 1. The van der Waals surface area contributed by atoms with Gasteiger partial charge in [-0.3, -0.25) is 4.79 Å². The predicted molar refractivity (Wildman–Crippen MR) is 81.4 cm³/mol. The summed E-state index contributed by atoms with van der Waals surface area (Å²) in [6, 6.07) is 6.02. The molecule has 1 aliphatic rings. The number of nitrogens with one attached hydrogen (secondary N) is 2. The molecule has 1 aromatic carbocycles. The lowest BCUT2D eigenvalue weighted by atomic mass is 9.92. The number of hydrogen-bond acceptors (Lipinski definition) is 2. The summed E-state index contributed by atoms with van der Waals surface area (Å²) in [7, 11) is 0. The molecule has 4 heteroatoms. The normalized spacial score (nSPS) is 20.9. The third-order valence-corrected chi connectivity index (χ3v) is 4.43. The van der Waals surface area contributed by atoms with Crippen molar-refractivity contribution in [1.82, 2.24) is 10.6 Å². The van der Waals surface area contributed by atoms with Gasteiger partial charge >= 0.3 is 0 Å². The first kappa shape index (κ1) is 14.5. The molecule has 1 aliphatic heterocycles. The van der Waals surface area contributed by atoms with Gasteiger partial charge in [-0.25, -0.2) is 0 Å². The number of carbonyl (C=O) groups excluding carboxylic acids is 1. The Balaban J connectivity index is 1.99. The number of aryl methyl sites for hydroxylation is 1. The molecule has 0 spiro atoms. The van der Waals surface area contributed by atoms with Crippen molar-refractivity contribution in [3.8, 4) is 0 Å². The minimum atomic E-state index is 0.00458. The van der Waals surface area contributed by atoms with Gasteiger partial charge in [0.2, 0.25) is 0 Å². The fraction of sp³-hybridized carbons (Fsp3) is 0.533. The summed E-state index contributed by atoms with van der Waals surface area (Å²) < 4.78 is 0.860. The van der Waals surface area contributed by atoms with Crippen molar-refractivity contribution >= 4 is 21.8 Å². The standard InChI is InChI=1S/C15H21BrN2O/c1-10-5-6-13(14(16)8-10)15(19)18-11(2)12-4-3-7-17-9-12/h5-6,8,11-12,17H,3-4,7,9H2,1-2H3,(H,18,19). The molecule has 0 bridgehead atoms. The summed E-state index contributed by atoms with van der Waals surface area (Å²) in [6.45, 7) is 6.21. The van der Waals surface area contributed by atoms with Gasteiger partial charge in [-0.05, 0) is 79.3 Å². The van der Waals surface area contributed by atoms with Gasteiger partial charge < -0.3 is 10.6 Å².